The molecular weight excluding hydrogens is 368 g/mol. The van der Waals surface area contributed by atoms with E-state index in [2.05, 4.69) is 4.98 Å². The molecule has 7 nitrogen and oxygen atoms in total. The molecule has 1 atom stereocenters. The molecule has 29 heavy (non-hydrogen) atoms. The molecule has 3 aromatic rings. The van der Waals surface area contributed by atoms with E-state index in [1.165, 1.54) is 0 Å². The molecule has 0 saturated carbocycles. The number of likely N-dealkylation sites (tertiary alicyclic amines) is 1. The Balaban J connectivity index is 1.52. The molecule has 1 fully saturated rings. The molecule has 2 aromatic heterocycles. The molecule has 1 aliphatic rings. The zero-order valence-corrected chi connectivity index (χ0v) is 16.0. The Morgan fingerprint density at radius 3 is 2.86 bits per heavy atom. The van der Waals surface area contributed by atoms with Gasteiger partial charge in [0.25, 0.3) is 11.8 Å². The maximum Gasteiger partial charge on any atom is 0.260 e. The number of hydrogen-bond acceptors (Lipinski definition) is 5. The van der Waals surface area contributed by atoms with Gasteiger partial charge in [-0.25, -0.2) is 0 Å². The summed E-state index contributed by atoms with van der Waals surface area (Å²) in [6.45, 7) is 1.10. The van der Waals surface area contributed by atoms with Gasteiger partial charge in [0.2, 0.25) is 0 Å². The number of carbonyl (C=O) groups excluding carboxylic acids is 2. The topological polar surface area (TPSA) is 98.4 Å². The summed E-state index contributed by atoms with van der Waals surface area (Å²) in [5, 5.41) is 0.874. The van der Waals surface area contributed by atoms with Gasteiger partial charge in [0.15, 0.2) is 6.61 Å². The first-order valence-electron chi connectivity index (χ1n) is 9.62. The van der Waals surface area contributed by atoms with Crippen LogP contribution in [0.1, 0.15) is 34.8 Å². The third kappa shape index (κ3) is 4.18. The van der Waals surface area contributed by atoms with Gasteiger partial charge in [-0.1, -0.05) is 18.2 Å². The van der Waals surface area contributed by atoms with Gasteiger partial charge >= 0.3 is 0 Å². The van der Waals surface area contributed by atoms with E-state index in [9.17, 15) is 9.59 Å². The highest BCUT2D eigenvalue weighted by atomic mass is 16.5. The van der Waals surface area contributed by atoms with Crippen molar-refractivity contribution in [3.63, 3.8) is 0 Å². The zero-order valence-electron chi connectivity index (χ0n) is 16.0. The van der Waals surface area contributed by atoms with Crippen molar-refractivity contribution in [3.05, 3.63) is 66.1 Å². The van der Waals surface area contributed by atoms with Crippen molar-refractivity contribution in [2.45, 2.75) is 18.8 Å². The normalized spacial score (nSPS) is 16.6. The fourth-order valence-electron chi connectivity index (χ4n) is 3.74. The van der Waals surface area contributed by atoms with E-state index in [0.29, 0.717) is 30.1 Å². The van der Waals surface area contributed by atoms with Crippen LogP contribution < -0.4 is 10.5 Å². The highest BCUT2D eigenvalue weighted by Crippen LogP contribution is 2.30. The molecule has 1 aliphatic heterocycles. The Bertz CT molecular complexity index is 1040. The molecule has 1 unspecified atom stereocenters. The van der Waals surface area contributed by atoms with Gasteiger partial charge in [0.1, 0.15) is 5.75 Å². The van der Waals surface area contributed by atoms with Crippen LogP contribution in [0.5, 0.6) is 5.75 Å². The number of nitrogens with two attached hydrogens (primary N) is 1. The second-order valence-corrected chi connectivity index (χ2v) is 7.13. The lowest BCUT2D eigenvalue weighted by atomic mass is 9.90. The fourth-order valence-corrected chi connectivity index (χ4v) is 3.74. The van der Waals surface area contributed by atoms with Crippen molar-refractivity contribution in [2.24, 2.45) is 5.73 Å². The monoisotopic (exact) mass is 390 g/mol. The summed E-state index contributed by atoms with van der Waals surface area (Å²) in [6.07, 6.45) is 4.90. The van der Waals surface area contributed by atoms with E-state index >= 15 is 0 Å². The molecule has 1 saturated heterocycles. The summed E-state index contributed by atoms with van der Waals surface area (Å²) in [5.41, 5.74) is 7.54. The second-order valence-electron chi connectivity index (χ2n) is 7.13. The Morgan fingerprint density at radius 1 is 1.21 bits per heavy atom. The molecule has 0 spiro atoms. The van der Waals surface area contributed by atoms with Gasteiger partial charge in [-0.05, 0) is 37.1 Å². The molecule has 1 aromatic carbocycles. The molecule has 7 heteroatoms. The Labute approximate surface area is 168 Å². The highest BCUT2D eigenvalue weighted by Gasteiger charge is 2.28. The third-order valence-electron chi connectivity index (χ3n) is 5.18. The van der Waals surface area contributed by atoms with Gasteiger partial charge in [-0.2, -0.15) is 0 Å². The van der Waals surface area contributed by atoms with E-state index in [0.717, 1.165) is 23.7 Å². The lowest BCUT2D eigenvalue weighted by molar-refractivity contribution is -0.134. The van der Waals surface area contributed by atoms with Crippen LogP contribution in [-0.2, 0) is 4.79 Å². The van der Waals surface area contributed by atoms with E-state index in [1.54, 1.807) is 35.5 Å². The van der Waals surface area contributed by atoms with Gasteiger partial charge in [0, 0.05) is 30.6 Å². The summed E-state index contributed by atoms with van der Waals surface area (Å²) in [6, 6.07) is 13.0. The summed E-state index contributed by atoms with van der Waals surface area (Å²) in [5.74, 6) is -0.0820. The van der Waals surface area contributed by atoms with Crippen LogP contribution in [0.3, 0.4) is 0 Å². The Kier molecular flexibility index (Phi) is 5.37. The lowest BCUT2D eigenvalue weighted by Gasteiger charge is -2.33. The summed E-state index contributed by atoms with van der Waals surface area (Å²) >= 11 is 0. The highest BCUT2D eigenvalue weighted by molar-refractivity contribution is 5.97. The maximum atomic E-state index is 12.6. The SMILES string of the molecule is NC(=O)c1cc2ccccc2nc1C1CCCN(C(=O)COc2cccnc2)C1. The first-order chi connectivity index (χ1) is 14.1. The van der Waals surface area contributed by atoms with Crippen LogP contribution in [0.15, 0.2) is 54.9 Å². The minimum Gasteiger partial charge on any atom is -0.482 e. The Hall–Kier alpha value is -3.48. The number of amides is 2. The summed E-state index contributed by atoms with van der Waals surface area (Å²) in [7, 11) is 0. The number of nitrogens with zero attached hydrogens (tertiary/aromatic N) is 3. The molecule has 4 rings (SSSR count). The Morgan fingerprint density at radius 2 is 2.07 bits per heavy atom. The predicted octanol–water partition coefficient (Wildman–Crippen LogP) is 2.51. The van der Waals surface area contributed by atoms with Gasteiger partial charge in [-0.15, -0.1) is 0 Å². The average molecular weight is 390 g/mol. The van der Waals surface area contributed by atoms with Crippen molar-refractivity contribution in [1.82, 2.24) is 14.9 Å². The second kappa shape index (κ2) is 8.26. The van der Waals surface area contributed by atoms with Crippen molar-refractivity contribution in [3.8, 4) is 5.75 Å². The maximum absolute atomic E-state index is 12.6. The number of benzene rings is 1. The van der Waals surface area contributed by atoms with Crippen LogP contribution in [0.2, 0.25) is 0 Å². The van der Waals surface area contributed by atoms with Gasteiger partial charge in [0.05, 0.1) is 23.0 Å². The number of rotatable bonds is 5. The first-order valence-corrected chi connectivity index (χ1v) is 9.62. The predicted molar refractivity (Wildman–Crippen MR) is 109 cm³/mol. The smallest absolute Gasteiger partial charge is 0.260 e. The van der Waals surface area contributed by atoms with Crippen LogP contribution in [0.4, 0.5) is 0 Å². The molecule has 0 bridgehead atoms. The number of piperidine rings is 1. The molecule has 0 aliphatic carbocycles. The van der Waals surface area contributed by atoms with Crippen LogP contribution in [-0.4, -0.2) is 46.4 Å². The molecule has 0 radical (unpaired) electrons. The standard InChI is InChI=1S/C22H22N4O3/c23-22(28)18-11-15-5-1-2-8-19(15)25-21(18)16-6-4-10-26(13-16)20(27)14-29-17-7-3-9-24-12-17/h1-3,5,7-9,11-12,16H,4,6,10,13-14H2,(H2,23,28). The minimum atomic E-state index is -0.499. The van der Waals surface area contributed by atoms with Crippen molar-refractivity contribution in [2.75, 3.05) is 19.7 Å². The largest absolute Gasteiger partial charge is 0.482 e. The van der Waals surface area contributed by atoms with Gasteiger partial charge in [-0.3, -0.25) is 19.6 Å². The quantitative estimate of drug-likeness (QED) is 0.722. The van der Waals surface area contributed by atoms with Gasteiger partial charge < -0.3 is 15.4 Å². The lowest BCUT2D eigenvalue weighted by Crippen LogP contribution is -2.42. The number of aromatic nitrogens is 2. The fraction of sp³-hybridized carbons (Fsp3) is 0.273. The summed E-state index contributed by atoms with van der Waals surface area (Å²) in [4.78, 5) is 35.2. The van der Waals surface area contributed by atoms with Crippen LogP contribution in [0, 0.1) is 0 Å². The van der Waals surface area contributed by atoms with E-state index in [4.69, 9.17) is 15.5 Å². The molecule has 2 amide bonds. The number of fused-ring (bicyclic) bond motifs is 1. The molecule has 148 valence electrons. The third-order valence-corrected chi connectivity index (χ3v) is 5.18. The van der Waals surface area contributed by atoms with E-state index in [-0.39, 0.29) is 18.4 Å². The number of ether oxygens (including phenoxy) is 1. The van der Waals surface area contributed by atoms with E-state index in [1.807, 2.05) is 24.3 Å². The van der Waals surface area contributed by atoms with Crippen molar-refractivity contribution < 1.29 is 14.3 Å². The number of hydrogen-bond donors (Lipinski definition) is 1. The van der Waals surface area contributed by atoms with Crippen LogP contribution in [0.25, 0.3) is 10.9 Å². The summed E-state index contributed by atoms with van der Waals surface area (Å²) < 4.78 is 5.54. The number of para-hydroxylation sites is 1. The molecule has 2 N–H and O–H groups in total. The number of primary amides is 1. The average Bonchev–Trinajstić information content (AvgIpc) is 2.77. The van der Waals surface area contributed by atoms with Crippen molar-refractivity contribution in [1.29, 1.82) is 0 Å². The number of pyridine rings is 2. The minimum absolute atomic E-state index is 0.0433. The van der Waals surface area contributed by atoms with Crippen LogP contribution >= 0.6 is 0 Å². The molecule has 3 heterocycles. The van der Waals surface area contributed by atoms with Crippen molar-refractivity contribution >= 4 is 22.7 Å². The number of carbonyl (C=O) groups is 2. The first kappa shape index (κ1) is 18.9. The zero-order chi connectivity index (χ0) is 20.2. The van der Waals surface area contributed by atoms with E-state index < -0.39 is 5.91 Å². The molecular formula is C22H22N4O3.